The molecule has 1 aliphatic rings. The maximum Gasteiger partial charge on any atom is 0.142 e. The van der Waals surface area contributed by atoms with Crippen LogP contribution in [0.5, 0.6) is 5.75 Å². The van der Waals surface area contributed by atoms with E-state index in [4.69, 9.17) is 16.3 Å². The van der Waals surface area contributed by atoms with Gasteiger partial charge in [-0.05, 0) is 44.2 Å². The lowest BCUT2D eigenvalue weighted by Gasteiger charge is -2.29. The number of hydrogen-bond acceptors (Lipinski definition) is 2. The highest BCUT2D eigenvalue weighted by Crippen LogP contribution is 2.30. The van der Waals surface area contributed by atoms with E-state index in [-0.39, 0.29) is 0 Å². The van der Waals surface area contributed by atoms with Gasteiger partial charge in [0.05, 0.1) is 17.7 Å². The van der Waals surface area contributed by atoms with Crippen molar-refractivity contribution in [3.05, 3.63) is 23.5 Å². The molecule has 1 saturated carbocycles. The normalized spacial score (nSPS) is 23.9. The first-order valence-corrected chi connectivity index (χ1v) is 7.45. The SMILES string of the molecule is CCC1CCCC(Oc2ccc(C)nc2CCl)C1. The van der Waals surface area contributed by atoms with Crippen LogP contribution in [0, 0.1) is 12.8 Å². The smallest absolute Gasteiger partial charge is 0.142 e. The molecule has 2 atom stereocenters. The van der Waals surface area contributed by atoms with Crippen molar-refractivity contribution in [1.29, 1.82) is 0 Å². The van der Waals surface area contributed by atoms with Crippen molar-refractivity contribution in [1.82, 2.24) is 4.98 Å². The van der Waals surface area contributed by atoms with Crippen LogP contribution >= 0.6 is 11.6 Å². The lowest BCUT2D eigenvalue weighted by Crippen LogP contribution is -2.25. The molecule has 0 bridgehead atoms. The average Bonchev–Trinajstić information content (AvgIpc) is 2.41. The first-order valence-electron chi connectivity index (χ1n) is 6.92. The Morgan fingerprint density at radius 3 is 2.94 bits per heavy atom. The summed E-state index contributed by atoms with van der Waals surface area (Å²) in [7, 11) is 0. The molecule has 18 heavy (non-hydrogen) atoms. The maximum absolute atomic E-state index is 6.12. The first-order chi connectivity index (χ1) is 8.72. The van der Waals surface area contributed by atoms with E-state index in [0.29, 0.717) is 12.0 Å². The van der Waals surface area contributed by atoms with Gasteiger partial charge in [-0.1, -0.05) is 19.8 Å². The standard InChI is InChI=1S/C15H22ClNO/c1-3-12-5-4-6-13(9-12)18-15-8-7-11(2)17-14(15)10-16/h7-8,12-13H,3-6,9-10H2,1-2H3. The molecule has 100 valence electrons. The molecule has 0 N–H and O–H groups in total. The van der Waals surface area contributed by atoms with E-state index in [2.05, 4.69) is 11.9 Å². The Morgan fingerprint density at radius 2 is 2.22 bits per heavy atom. The summed E-state index contributed by atoms with van der Waals surface area (Å²) in [5.74, 6) is 2.11. The van der Waals surface area contributed by atoms with Crippen molar-refractivity contribution in [3.8, 4) is 5.75 Å². The van der Waals surface area contributed by atoms with Crippen molar-refractivity contribution in [2.75, 3.05) is 0 Å². The van der Waals surface area contributed by atoms with Crippen LogP contribution in [0.2, 0.25) is 0 Å². The van der Waals surface area contributed by atoms with Crippen molar-refractivity contribution in [2.45, 2.75) is 57.9 Å². The highest BCUT2D eigenvalue weighted by molar-refractivity contribution is 6.17. The monoisotopic (exact) mass is 267 g/mol. The molecule has 0 radical (unpaired) electrons. The Balaban J connectivity index is 2.04. The largest absolute Gasteiger partial charge is 0.488 e. The lowest BCUT2D eigenvalue weighted by molar-refractivity contribution is 0.120. The van der Waals surface area contributed by atoms with Gasteiger partial charge in [-0.2, -0.15) is 0 Å². The molecule has 0 amide bonds. The van der Waals surface area contributed by atoms with Crippen molar-refractivity contribution in [3.63, 3.8) is 0 Å². The van der Waals surface area contributed by atoms with Crippen molar-refractivity contribution in [2.24, 2.45) is 5.92 Å². The quantitative estimate of drug-likeness (QED) is 0.751. The minimum absolute atomic E-state index is 0.343. The Kier molecular flexibility index (Phi) is 4.87. The van der Waals surface area contributed by atoms with E-state index >= 15 is 0 Å². The highest BCUT2D eigenvalue weighted by atomic mass is 35.5. The molecule has 1 aromatic rings. The van der Waals surface area contributed by atoms with Gasteiger partial charge in [0.25, 0.3) is 0 Å². The van der Waals surface area contributed by atoms with Gasteiger partial charge >= 0.3 is 0 Å². The highest BCUT2D eigenvalue weighted by Gasteiger charge is 2.22. The second kappa shape index (κ2) is 6.42. The number of aryl methyl sites for hydroxylation is 1. The third-order valence-electron chi connectivity index (χ3n) is 3.80. The minimum atomic E-state index is 0.343. The van der Waals surface area contributed by atoms with E-state index in [1.165, 1.54) is 25.7 Å². The Hall–Kier alpha value is -0.760. The van der Waals surface area contributed by atoms with Crippen LogP contribution in [0.4, 0.5) is 0 Å². The van der Waals surface area contributed by atoms with Crippen LogP contribution in [0.15, 0.2) is 12.1 Å². The van der Waals surface area contributed by atoms with Crippen molar-refractivity contribution >= 4 is 11.6 Å². The fraction of sp³-hybridized carbons (Fsp3) is 0.667. The van der Waals surface area contributed by atoms with Crippen LogP contribution in [-0.4, -0.2) is 11.1 Å². The lowest BCUT2D eigenvalue weighted by atomic mass is 9.85. The molecule has 1 fully saturated rings. The van der Waals surface area contributed by atoms with Gasteiger partial charge < -0.3 is 4.74 Å². The number of aromatic nitrogens is 1. The molecule has 2 rings (SSSR count). The average molecular weight is 268 g/mol. The molecule has 0 saturated heterocycles. The predicted molar refractivity (Wildman–Crippen MR) is 75.2 cm³/mol. The summed E-state index contributed by atoms with van der Waals surface area (Å²) in [5, 5.41) is 0. The van der Waals surface area contributed by atoms with Crippen LogP contribution in [0.25, 0.3) is 0 Å². The predicted octanol–water partition coefficient (Wildman–Crippen LogP) is 4.48. The zero-order valence-corrected chi connectivity index (χ0v) is 12.0. The van der Waals surface area contributed by atoms with Crippen LogP contribution in [0.1, 0.15) is 50.4 Å². The number of hydrogen-bond donors (Lipinski definition) is 0. The molecule has 0 aliphatic heterocycles. The minimum Gasteiger partial charge on any atom is -0.488 e. The molecule has 1 aromatic heterocycles. The van der Waals surface area contributed by atoms with Crippen molar-refractivity contribution < 1.29 is 4.74 Å². The number of nitrogens with zero attached hydrogens (tertiary/aromatic N) is 1. The number of ether oxygens (including phenoxy) is 1. The topological polar surface area (TPSA) is 22.1 Å². The van der Waals surface area contributed by atoms with E-state index in [9.17, 15) is 0 Å². The number of alkyl halides is 1. The fourth-order valence-electron chi connectivity index (χ4n) is 2.70. The van der Waals surface area contributed by atoms with E-state index in [0.717, 1.165) is 29.5 Å². The van der Waals surface area contributed by atoms with Gasteiger partial charge in [0, 0.05) is 5.69 Å². The van der Waals surface area contributed by atoms with Crippen LogP contribution in [-0.2, 0) is 5.88 Å². The van der Waals surface area contributed by atoms with E-state index < -0.39 is 0 Å². The summed E-state index contributed by atoms with van der Waals surface area (Å²) in [6.45, 7) is 4.25. The van der Waals surface area contributed by atoms with E-state index in [1.54, 1.807) is 0 Å². The summed E-state index contributed by atoms with van der Waals surface area (Å²) in [6, 6.07) is 4.00. The summed E-state index contributed by atoms with van der Waals surface area (Å²) in [4.78, 5) is 4.44. The molecule has 2 unspecified atom stereocenters. The Morgan fingerprint density at radius 1 is 1.39 bits per heavy atom. The Labute approximate surface area is 115 Å². The van der Waals surface area contributed by atoms with Gasteiger partial charge in [-0.25, -0.2) is 0 Å². The molecule has 0 spiro atoms. The number of halogens is 1. The molecular weight excluding hydrogens is 246 g/mol. The third-order valence-corrected chi connectivity index (χ3v) is 4.06. The van der Waals surface area contributed by atoms with Crippen LogP contribution in [0.3, 0.4) is 0 Å². The van der Waals surface area contributed by atoms with Gasteiger partial charge in [0.2, 0.25) is 0 Å². The molecular formula is C15H22ClNO. The molecule has 1 heterocycles. The summed E-state index contributed by atoms with van der Waals surface area (Å²) < 4.78 is 6.12. The zero-order chi connectivity index (χ0) is 13.0. The first kappa shape index (κ1) is 13.7. The van der Waals surface area contributed by atoms with E-state index in [1.807, 2.05) is 19.1 Å². The Bertz CT molecular complexity index is 394. The summed E-state index contributed by atoms with van der Waals surface area (Å²) in [6.07, 6.45) is 6.56. The second-order valence-electron chi connectivity index (χ2n) is 5.21. The van der Waals surface area contributed by atoms with Gasteiger partial charge in [-0.3, -0.25) is 4.98 Å². The summed E-state index contributed by atoms with van der Waals surface area (Å²) >= 11 is 5.94. The van der Waals surface area contributed by atoms with Crippen LogP contribution < -0.4 is 4.74 Å². The summed E-state index contributed by atoms with van der Waals surface area (Å²) in [5.41, 5.74) is 1.86. The van der Waals surface area contributed by atoms with Gasteiger partial charge in [0.15, 0.2) is 0 Å². The van der Waals surface area contributed by atoms with Gasteiger partial charge in [-0.15, -0.1) is 11.6 Å². The third kappa shape index (κ3) is 3.38. The molecule has 2 nitrogen and oxygen atoms in total. The zero-order valence-electron chi connectivity index (χ0n) is 11.3. The maximum atomic E-state index is 6.12. The van der Waals surface area contributed by atoms with Gasteiger partial charge in [0.1, 0.15) is 5.75 Å². The number of rotatable bonds is 4. The fourth-order valence-corrected chi connectivity index (χ4v) is 2.89. The number of pyridine rings is 1. The molecule has 1 aliphatic carbocycles. The second-order valence-corrected chi connectivity index (χ2v) is 5.48. The molecule has 0 aromatic carbocycles. The molecule has 3 heteroatoms.